The lowest BCUT2D eigenvalue weighted by Gasteiger charge is -2.36. The number of benzene rings is 3. The molecule has 0 saturated carbocycles. The van der Waals surface area contributed by atoms with Gasteiger partial charge in [-0.25, -0.2) is 4.39 Å². The minimum absolute atomic E-state index is 0.0147. The molecule has 134 valence electrons. The summed E-state index contributed by atoms with van der Waals surface area (Å²) in [5, 5.41) is 6.86. The summed E-state index contributed by atoms with van der Waals surface area (Å²) < 4.78 is 19.9. The molecule has 3 atom stereocenters. The molecule has 2 aliphatic rings. The molecule has 0 fully saturated rings. The Morgan fingerprint density at radius 2 is 1.56 bits per heavy atom. The van der Waals surface area contributed by atoms with E-state index < -0.39 is 0 Å². The molecule has 0 saturated heterocycles. The van der Waals surface area contributed by atoms with Crippen molar-refractivity contribution in [2.75, 3.05) is 7.05 Å². The quantitative estimate of drug-likeness (QED) is 0.646. The van der Waals surface area contributed by atoms with Gasteiger partial charge in [-0.05, 0) is 35.4 Å². The molecule has 0 aliphatic carbocycles. The molecular weight excluding hydrogens is 339 g/mol. The summed E-state index contributed by atoms with van der Waals surface area (Å²) in [7, 11) is 1.98. The first-order valence-electron chi connectivity index (χ1n) is 9.10. The number of ether oxygens (including phenoxy) is 1. The summed E-state index contributed by atoms with van der Waals surface area (Å²) in [6.45, 7) is 0. The molecule has 2 heterocycles. The number of hydrazone groups is 1. The lowest BCUT2D eigenvalue weighted by atomic mass is 9.79. The van der Waals surface area contributed by atoms with Crippen LogP contribution in [0, 0.1) is 11.7 Å². The average molecular weight is 358 g/mol. The van der Waals surface area contributed by atoms with Crippen LogP contribution in [0.4, 0.5) is 4.39 Å². The highest BCUT2D eigenvalue weighted by molar-refractivity contribution is 6.07. The zero-order valence-electron chi connectivity index (χ0n) is 14.9. The van der Waals surface area contributed by atoms with Crippen LogP contribution in [0.3, 0.4) is 0 Å². The van der Waals surface area contributed by atoms with Gasteiger partial charge in [0.05, 0.1) is 17.7 Å². The number of hydrogen-bond donors (Lipinski definition) is 0. The summed E-state index contributed by atoms with van der Waals surface area (Å²) in [5.74, 6) is 0.651. The number of nitrogens with zero attached hydrogens (tertiary/aromatic N) is 2. The van der Waals surface area contributed by atoms with E-state index in [0.29, 0.717) is 0 Å². The van der Waals surface area contributed by atoms with Crippen LogP contribution in [0.5, 0.6) is 5.75 Å². The van der Waals surface area contributed by atoms with Crippen LogP contribution < -0.4 is 4.74 Å². The van der Waals surface area contributed by atoms with E-state index in [1.807, 2.05) is 60.6 Å². The second kappa shape index (κ2) is 6.23. The Kier molecular flexibility index (Phi) is 3.71. The molecule has 2 aliphatic heterocycles. The molecule has 4 heteroatoms. The normalized spacial score (nSPS) is 23.3. The zero-order valence-corrected chi connectivity index (χ0v) is 14.9. The van der Waals surface area contributed by atoms with Gasteiger partial charge in [-0.3, -0.25) is 5.01 Å². The molecule has 5 rings (SSSR count). The Balaban J connectivity index is 1.66. The molecule has 0 N–H and O–H groups in total. The summed E-state index contributed by atoms with van der Waals surface area (Å²) >= 11 is 0. The summed E-state index contributed by atoms with van der Waals surface area (Å²) in [4.78, 5) is 0. The number of hydrogen-bond acceptors (Lipinski definition) is 3. The van der Waals surface area contributed by atoms with Gasteiger partial charge in [0.1, 0.15) is 17.7 Å². The van der Waals surface area contributed by atoms with E-state index in [-0.39, 0.29) is 23.9 Å². The highest BCUT2D eigenvalue weighted by Gasteiger charge is 2.47. The predicted octanol–water partition coefficient (Wildman–Crippen LogP) is 4.97. The SMILES string of the molecule is CN1N=C2c3ccccc3OC(c3ccccc3)C2C1c1ccc(F)cc1. The second-order valence-corrected chi connectivity index (χ2v) is 7.03. The van der Waals surface area contributed by atoms with Crippen molar-refractivity contribution >= 4 is 5.71 Å². The van der Waals surface area contributed by atoms with Crippen LogP contribution in [0.2, 0.25) is 0 Å². The first-order chi connectivity index (χ1) is 13.2. The number of rotatable bonds is 2. The summed E-state index contributed by atoms with van der Waals surface area (Å²) in [5.41, 5.74) is 4.22. The molecule has 3 aromatic rings. The maximum atomic E-state index is 13.5. The topological polar surface area (TPSA) is 24.8 Å². The number of para-hydroxylation sites is 1. The van der Waals surface area contributed by atoms with Crippen LogP contribution in [0.1, 0.15) is 28.8 Å². The Labute approximate surface area is 157 Å². The van der Waals surface area contributed by atoms with E-state index in [1.165, 1.54) is 12.1 Å². The van der Waals surface area contributed by atoms with Gasteiger partial charge >= 0.3 is 0 Å². The lowest BCUT2D eigenvalue weighted by Crippen LogP contribution is -2.35. The maximum absolute atomic E-state index is 13.5. The largest absolute Gasteiger partial charge is 0.484 e. The predicted molar refractivity (Wildman–Crippen MR) is 103 cm³/mol. The highest BCUT2D eigenvalue weighted by atomic mass is 19.1. The highest BCUT2D eigenvalue weighted by Crippen LogP contribution is 2.49. The minimum Gasteiger partial charge on any atom is -0.484 e. The fourth-order valence-electron chi connectivity index (χ4n) is 4.22. The van der Waals surface area contributed by atoms with Crippen LogP contribution in [-0.4, -0.2) is 17.8 Å². The number of halogens is 1. The first-order valence-corrected chi connectivity index (χ1v) is 9.10. The standard InChI is InChI=1S/C23H19FN2O/c1-26-22(15-11-13-17(24)14-12-15)20-21(25-26)18-9-5-6-10-19(18)27-23(20)16-7-3-2-4-8-16/h2-14,20,22-23H,1H3. The third kappa shape index (κ3) is 2.60. The molecular formula is C23H19FN2O. The van der Waals surface area contributed by atoms with E-state index >= 15 is 0 Å². The van der Waals surface area contributed by atoms with Crippen molar-refractivity contribution in [1.29, 1.82) is 0 Å². The van der Waals surface area contributed by atoms with Crippen LogP contribution >= 0.6 is 0 Å². The smallest absolute Gasteiger partial charge is 0.135 e. The summed E-state index contributed by atoms with van der Waals surface area (Å²) in [6.07, 6.45) is -0.153. The van der Waals surface area contributed by atoms with E-state index in [2.05, 4.69) is 18.2 Å². The average Bonchev–Trinajstić information content (AvgIpc) is 3.06. The van der Waals surface area contributed by atoms with Crippen molar-refractivity contribution in [2.45, 2.75) is 12.1 Å². The van der Waals surface area contributed by atoms with E-state index in [1.54, 1.807) is 0 Å². The zero-order chi connectivity index (χ0) is 18.4. The van der Waals surface area contributed by atoms with Gasteiger partial charge in [0.2, 0.25) is 0 Å². The van der Waals surface area contributed by atoms with Gasteiger partial charge in [0.25, 0.3) is 0 Å². The van der Waals surface area contributed by atoms with Crippen molar-refractivity contribution in [3.8, 4) is 5.75 Å². The molecule has 0 radical (unpaired) electrons. The third-order valence-corrected chi connectivity index (χ3v) is 5.41. The van der Waals surface area contributed by atoms with Crippen molar-refractivity contribution in [2.24, 2.45) is 11.0 Å². The lowest BCUT2D eigenvalue weighted by molar-refractivity contribution is 0.113. The van der Waals surface area contributed by atoms with Gasteiger partial charge < -0.3 is 4.74 Å². The Hall–Kier alpha value is -3.14. The van der Waals surface area contributed by atoms with Crippen LogP contribution in [0.15, 0.2) is 84.0 Å². The van der Waals surface area contributed by atoms with Crippen molar-refractivity contribution in [1.82, 2.24) is 5.01 Å². The summed E-state index contributed by atoms with van der Waals surface area (Å²) in [6, 6.07) is 25.0. The van der Waals surface area contributed by atoms with Crippen LogP contribution in [0.25, 0.3) is 0 Å². The molecule has 0 bridgehead atoms. The third-order valence-electron chi connectivity index (χ3n) is 5.41. The fourth-order valence-corrected chi connectivity index (χ4v) is 4.22. The van der Waals surface area contributed by atoms with Gasteiger partial charge in [-0.2, -0.15) is 5.10 Å². The first kappa shape index (κ1) is 16.1. The Bertz CT molecular complexity index is 1000. The Morgan fingerprint density at radius 1 is 0.852 bits per heavy atom. The molecule has 3 unspecified atom stereocenters. The van der Waals surface area contributed by atoms with Gasteiger partial charge in [0.15, 0.2) is 0 Å². The monoisotopic (exact) mass is 358 g/mol. The van der Waals surface area contributed by atoms with Crippen molar-refractivity contribution in [3.63, 3.8) is 0 Å². The van der Waals surface area contributed by atoms with E-state index in [0.717, 1.165) is 28.2 Å². The van der Waals surface area contributed by atoms with Gasteiger partial charge in [-0.1, -0.05) is 54.6 Å². The van der Waals surface area contributed by atoms with E-state index in [4.69, 9.17) is 9.84 Å². The van der Waals surface area contributed by atoms with Crippen molar-refractivity contribution in [3.05, 3.63) is 101 Å². The van der Waals surface area contributed by atoms with Crippen LogP contribution in [-0.2, 0) is 0 Å². The minimum atomic E-state index is -0.231. The Morgan fingerprint density at radius 3 is 2.33 bits per heavy atom. The molecule has 27 heavy (non-hydrogen) atoms. The molecule has 3 nitrogen and oxygen atoms in total. The second-order valence-electron chi connectivity index (χ2n) is 7.03. The van der Waals surface area contributed by atoms with E-state index in [9.17, 15) is 4.39 Å². The number of fused-ring (bicyclic) bond motifs is 3. The molecule has 0 spiro atoms. The maximum Gasteiger partial charge on any atom is 0.135 e. The molecule has 0 amide bonds. The van der Waals surface area contributed by atoms with Gasteiger partial charge in [0, 0.05) is 12.6 Å². The van der Waals surface area contributed by atoms with Crippen molar-refractivity contribution < 1.29 is 9.13 Å². The fraction of sp³-hybridized carbons (Fsp3) is 0.174. The molecule has 3 aromatic carbocycles. The van der Waals surface area contributed by atoms with Gasteiger partial charge in [-0.15, -0.1) is 0 Å². The molecule has 0 aromatic heterocycles.